The Hall–Kier alpha value is -2.05. The fourth-order valence-corrected chi connectivity index (χ4v) is 3.67. The van der Waals surface area contributed by atoms with E-state index in [0.717, 1.165) is 34.1 Å². The number of carbonyl (C=O) groups is 1. The Kier molecular flexibility index (Phi) is 5.15. The molecule has 0 amide bonds. The maximum absolute atomic E-state index is 11.6. The zero-order chi connectivity index (χ0) is 16.1. The van der Waals surface area contributed by atoms with Crippen LogP contribution in [0, 0.1) is 6.92 Å². The van der Waals surface area contributed by atoms with Gasteiger partial charge in [-0.15, -0.1) is 22.7 Å². The number of carbonyl (C=O) groups excluding carboxylic acids is 1. The maximum Gasteiger partial charge on any atom is 0.330 e. The molecule has 0 aliphatic heterocycles. The summed E-state index contributed by atoms with van der Waals surface area (Å²) in [6, 6.07) is 8.09. The van der Waals surface area contributed by atoms with Gasteiger partial charge in [-0.25, -0.2) is 14.8 Å². The van der Waals surface area contributed by atoms with Crippen LogP contribution in [0.3, 0.4) is 0 Å². The third kappa shape index (κ3) is 4.46. The van der Waals surface area contributed by atoms with Crippen LogP contribution in [0.5, 0.6) is 0 Å². The molecule has 2 aromatic heterocycles. The van der Waals surface area contributed by atoms with Crippen molar-refractivity contribution < 1.29 is 9.53 Å². The summed E-state index contributed by atoms with van der Waals surface area (Å²) in [4.78, 5) is 20.5. The minimum atomic E-state index is -0.333. The monoisotopic (exact) mass is 344 g/mol. The second-order valence-electron chi connectivity index (χ2n) is 4.97. The van der Waals surface area contributed by atoms with Crippen molar-refractivity contribution in [3.63, 3.8) is 0 Å². The van der Waals surface area contributed by atoms with E-state index in [4.69, 9.17) is 4.74 Å². The zero-order valence-corrected chi connectivity index (χ0v) is 14.3. The second-order valence-corrected chi connectivity index (χ2v) is 7.15. The Morgan fingerprint density at radius 2 is 2.17 bits per heavy atom. The van der Waals surface area contributed by atoms with E-state index in [9.17, 15) is 4.79 Å². The molecule has 0 bridgehead atoms. The van der Waals surface area contributed by atoms with Crippen LogP contribution >= 0.6 is 22.7 Å². The molecule has 0 aliphatic carbocycles. The van der Waals surface area contributed by atoms with E-state index in [-0.39, 0.29) is 5.97 Å². The molecular weight excluding hydrogens is 328 g/mol. The van der Waals surface area contributed by atoms with Crippen LogP contribution in [-0.4, -0.2) is 22.5 Å². The van der Waals surface area contributed by atoms with Gasteiger partial charge in [-0.3, -0.25) is 0 Å². The number of ether oxygens (including phenoxy) is 1. The van der Waals surface area contributed by atoms with Crippen molar-refractivity contribution in [1.82, 2.24) is 9.97 Å². The molecule has 0 unspecified atom stereocenters. The van der Waals surface area contributed by atoms with Gasteiger partial charge >= 0.3 is 5.97 Å². The first-order chi connectivity index (χ1) is 11.2. The van der Waals surface area contributed by atoms with Gasteiger partial charge in [-0.1, -0.05) is 12.1 Å². The van der Waals surface area contributed by atoms with Crippen molar-refractivity contribution in [3.05, 3.63) is 51.4 Å². The number of aryl methyl sites for hydroxylation is 2. The number of hydrogen-bond acceptors (Lipinski definition) is 6. The van der Waals surface area contributed by atoms with Crippen molar-refractivity contribution in [2.24, 2.45) is 0 Å². The summed E-state index contributed by atoms with van der Waals surface area (Å²) in [6.45, 7) is 2.33. The van der Waals surface area contributed by atoms with Crippen LogP contribution in [0.15, 0.2) is 35.7 Å². The highest BCUT2D eigenvalue weighted by atomic mass is 32.1. The van der Waals surface area contributed by atoms with Gasteiger partial charge < -0.3 is 4.74 Å². The fraction of sp³-hybridized carbons (Fsp3) is 0.235. The Labute approximate surface area is 142 Å². The van der Waals surface area contributed by atoms with E-state index < -0.39 is 0 Å². The minimum Gasteiger partial charge on any atom is -0.463 e. The summed E-state index contributed by atoms with van der Waals surface area (Å²) in [5.74, 6) is -0.333. The van der Waals surface area contributed by atoms with Gasteiger partial charge in [0.05, 0.1) is 32.5 Å². The van der Waals surface area contributed by atoms with Gasteiger partial charge in [0.2, 0.25) is 0 Å². The Morgan fingerprint density at radius 3 is 2.96 bits per heavy atom. The van der Waals surface area contributed by atoms with Crippen LogP contribution in [0.1, 0.15) is 22.1 Å². The van der Waals surface area contributed by atoms with Crippen LogP contribution in [-0.2, 0) is 16.0 Å². The summed E-state index contributed by atoms with van der Waals surface area (Å²) in [5, 5.41) is 3.97. The summed E-state index contributed by atoms with van der Waals surface area (Å²) in [7, 11) is 0. The first-order valence-corrected chi connectivity index (χ1v) is 9.02. The van der Waals surface area contributed by atoms with Crippen molar-refractivity contribution in [1.29, 1.82) is 0 Å². The second kappa shape index (κ2) is 7.48. The van der Waals surface area contributed by atoms with E-state index in [1.54, 1.807) is 28.7 Å². The van der Waals surface area contributed by atoms with Gasteiger partial charge in [0, 0.05) is 17.9 Å². The maximum atomic E-state index is 11.6. The van der Waals surface area contributed by atoms with Crippen LogP contribution in [0.25, 0.3) is 16.3 Å². The first kappa shape index (κ1) is 15.8. The molecule has 1 aromatic carbocycles. The molecule has 6 heteroatoms. The molecular formula is C17H16N2O2S2. The van der Waals surface area contributed by atoms with Gasteiger partial charge in [-0.2, -0.15) is 0 Å². The standard InChI is InChI=1S/C17H16N2O2S2/c1-12-18-13(11-22-12)8-9-17(20)21-10-4-7-16-19-14-5-2-3-6-15(14)23-16/h2-3,5-6,8-9,11H,4,7,10H2,1H3. The molecule has 0 radical (unpaired) electrons. The number of hydrogen-bond donors (Lipinski definition) is 0. The highest BCUT2D eigenvalue weighted by Crippen LogP contribution is 2.22. The number of aromatic nitrogens is 2. The molecule has 0 fully saturated rings. The Bertz CT molecular complexity index is 803. The lowest BCUT2D eigenvalue weighted by Crippen LogP contribution is -2.03. The number of thiazole rings is 2. The van der Waals surface area contributed by atoms with Gasteiger partial charge in [-0.05, 0) is 31.6 Å². The average molecular weight is 344 g/mol. The largest absolute Gasteiger partial charge is 0.463 e. The smallest absolute Gasteiger partial charge is 0.330 e. The molecule has 2 heterocycles. The van der Waals surface area contributed by atoms with Crippen LogP contribution in [0.2, 0.25) is 0 Å². The van der Waals surface area contributed by atoms with Gasteiger partial charge in [0.1, 0.15) is 0 Å². The third-order valence-corrected chi connectivity index (χ3v) is 5.03. The Morgan fingerprint density at radius 1 is 1.30 bits per heavy atom. The van der Waals surface area contributed by atoms with Crippen molar-refractivity contribution in [3.8, 4) is 0 Å². The van der Waals surface area contributed by atoms with Crippen LogP contribution < -0.4 is 0 Å². The molecule has 4 nitrogen and oxygen atoms in total. The molecule has 0 atom stereocenters. The predicted octanol–water partition coefficient (Wildman–Crippen LogP) is 4.25. The molecule has 23 heavy (non-hydrogen) atoms. The number of esters is 1. The molecule has 3 aromatic rings. The van der Waals surface area contributed by atoms with E-state index in [1.807, 2.05) is 30.5 Å². The van der Waals surface area contributed by atoms with Gasteiger partial charge in [0.15, 0.2) is 0 Å². The summed E-state index contributed by atoms with van der Waals surface area (Å²) in [5.41, 5.74) is 1.82. The van der Waals surface area contributed by atoms with E-state index in [0.29, 0.717) is 6.61 Å². The quantitative estimate of drug-likeness (QED) is 0.381. The number of nitrogens with zero attached hydrogens (tertiary/aromatic N) is 2. The van der Waals surface area contributed by atoms with Gasteiger partial charge in [0.25, 0.3) is 0 Å². The molecule has 0 saturated carbocycles. The predicted molar refractivity (Wildman–Crippen MR) is 94.8 cm³/mol. The highest BCUT2D eigenvalue weighted by molar-refractivity contribution is 7.18. The first-order valence-electron chi connectivity index (χ1n) is 7.32. The zero-order valence-electron chi connectivity index (χ0n) is 12.7. The lowest BCUT2D eigenvalue weighted by molar-refractivity contribution is -0.137. The van der Waals surface area contributed by atoms with E-state index in [1.165, 1.54) is 10.8 Å². The summed E-state index contributed by atoms with van der Waals surface area (Å²) < 4.78 is 6.39. The number of benzene rings is 1. The molecule has 0 N–H and O–H groups in total. The lowest BCUT2D eigenvalue weighted by Gasteiger charge is -2.00. The summed E-state index contributed by atoms with van der Waals surface area (Å²) in [6.07, 6.45) is 4.70. The highest BCUT2D eigenvalue weighted by Gasteiger charge is 2.04. The van der Waals surface area contributed by atoms with Crippen molar-refractivity contribution in [2.75, 3.05) is 6.61 Å². The van der Waals surface area contributed by atoms with E-state index in [2.05, 4.69) is 16.0 Å². The van der Waals surface area contributed by atoms with Crippen molar-refractivity contribution >= 4 is 44.9 Å². The molecule has 0 spiro atoms. The SMILES string of the molecule is Cc1nc(C=CC(=O)OCCCc2nc3ccccc3s2)cs1. The van der Waals surface area contributed by atoms with Crippen molar-refractivity contribution in [2.45, 2.75) is 19.8 Å². The minimum absolute atomic E-state index is 0.333. The number of rotatable bonds is 6. The summed E-state index contributed by atoms with van der Waals surface area (Å²) >= 11 is 3.25. The van der Waals surface area contributed by atoms with Crippen LogP contribution in [0.4, 0.5) is 0 Å². The normalized spacial score (nSPS) is 11.3. The number of fused-ring (bicyclic) bond motifs is 1. The Balaban J connectivity index is 1.42. The molecule has 0 saturated heterocycles. The molecule has 118 valence electrons. The lowest BCUT2D eigenvalue weighted by atomic mass is 10.3. The van der Waals surface area contributed by atoms with E-state index >= 15 is 0 Å². The fourth-order valence-electron chi connectivity index (χ4n) is 2.08. The third-order valence-electron chi connectivity index (χ3n) is 3.14. The topological polar surface area (TPSA) is 52.1 Å². The molecule has 3 rings (SSSR count). The molecule has 0 aliphatic rings. The average Bonchev–Trinajstić information content (AvgIpc) is 3.15. The number of para-hydroxylation sites is 1.